The highest BCUT2D eigenvalue weighted by Crippen LogP contribution is 2.13. The minimum atomic E-state index is 0.286. The van der Waals surface area contributed by atoms with E-state index in [1.807, 2.05) is 0 Å². The Kier molecular flexibility index (Phi) is 4.54. The molecule has 0 radical (unpaired) electrons. The number of nitrogens with zero attached hydrogens (tertiary/aromatic N) is 2. The van der Waals surface area contributed by atoms with Crippen LogP contribution in [0.1, 0.15) is 12.0 Å². The minimum Gasteiger partial charge on any atom is -0.396 e. The van der Waals surface area contributed by atoms with Crippen LogP contribution in [0.5, 0.6) is 0 Å². The van der Waals surface area contributed by atoms with Gasteiger partial charge in [0.2, 0.25) is 0 Å². The number of rotatable bonds is 4. The monoisotopic (exact) mass is 234 g/mol. The second kappa shape index (κ2) is 6.15. The van der Waals surface area contributed by atoms with Crippen molar-refractivity contribution in [2.75, 3.05) is 33.3 Å². The zero-order valence-electron chi connectivity index (χ0n) is 10.5. The molecule has 3 nitrogen and oxygen atoms in total. The summed E-state index contributed by atoms with van der Waals surface area (Å²) >= 11 is 0. The minimum absolute atomic E-state index is 0.286. The predicted molar refractivity (Wildman–Crippen MR) is 69.8 cm³/mol. The van der Waals surface area contributed by atoms with Crippen molar-refractivity contribution in [3.05, 3.63) is 35.9 Å². The van der Waals surface area contributed by atoms with Crippen molar-refractivity contribution in [3.63, 3.8) is 0 Å². The topological polar surface area (TPSA) is 26.7 Å². The third-order valence-electron chi connectivity index (χ3n) is 3.57. The first kappa shape index (κ1) is 12.6. The molecular weight excluding hydrogens is 212 g/mol. The molecule has 1 aliphatic rings. The molecule has 0 saturated carbocycles. The van der Waals surface area contributed by atoms with Gasteiger partial charge in [0.25, 0.3) is 0 Å². The van der Waals surface area contributed by atoms with Crippen molar-refractivity contribution in [2.45, 2.75) is 19.0 Å². The van der Waals surface area contributed by atoms with Crippen molar-refractivity contribution in [2.24, 2.45) is 0 Å². The summed E-state index contributed by atoms with van der Waals surface area (Å²) in [5, 5.41) is 9.07. The SMILES string of the molecule is CN1CCN(Cc2ccccc2)C[C@@H]1CCO. The Hall–Kier alpha value is -0.900. The molecular formula is C14H22N2O. The molecule has 0 unspecified atom stereocenters. The number of benzene rings is 1. The molecule has 1 fully saturated rings. The van der Waals surface area contributed by atoms with E-state index in [2.05, 4.69) is 47.2 Å². The van der Waals surface area contributed by atoms with Gasteiger partial charge in [0.15, 0.2) is 0 Å². The first-order chi connectivity index (χ1) is 8.29. The molecule has 0 spiro atoms. The molecule has 1 aromatic rings. The molecule has 0 amide bonds. The van der Waals surface area contributed by atoms with Crippen molar-refractivity contribution in [1.29, 1.82) is 0 Å². The van der Waals surface area contributed by atoms with Crippen LogP contribution in [-0.2, 0) is 6.54 Å². The smallest absolute Gasteiger partial charge is 0.0446 e. The molecule has 1 aliphatic heterocycles. The maximum atomic E-state index is 9.07. The van der Waals surface area contributed by atoms with Crippen LogP contribution >= 0.6 is 0 Å². The molecule has 2 rings (SSSR count). The number of hydrogen-bond donors (Lipinski definition) is 1. The van der Waals surface area contributed by atoms with Gasteiger partial charge in [-0.25, -0.2) is 0 Å². The van der Waals surface area contributed by atoms with Gasteiger partial charge in [-0.15, -0.1) is 0 Å². The quantitative estimate of drug-likeness (QED) is 0.847. The summed E-state index contributed by atoms with van der Waals surface area (Å²) < 4.78 is 0. The average molecular weight is 234 g/mol. The van der Waals surface area contributed by atoms with Crippen molar-refractivity contribution >= 4 is 0 Å². The van der Waals surface area contributed by atoms with Gasteiger partial charge in [-0.2, -0.15) is 0 Å². The van der Waals surface area contributed by atoms with Gasteiger partial charge in [0, 0.05) is 38.8 Å². The Morgan fingerprint density at radius 2 is 2.00 bits per heavy atom. The molecule has 3 heteroatoms. The molecule has 1 heterocycles. The maximum Gasteiger partial charge on any atom is 0.0446 e. The van der Waals surface area contributed by atoms with E-state index >= 15 is 0 Å². The Bertz CT molecular complexity index is 328. The first-order valence-corrected chi connectivity index (χ1v) is 6.37. The summed E-state index contributed by atoms with van der Waals surface area (Å²) in [5.41, 5.74) is 1.37. The Labute approximate surface area is 104 Å². The summed E-state index contributed by atoms with van der Waals surface area (Å²) in [4.78, 5) is 4.84. The highest BCUT2D eigenvalue weighted by Gasteiger charge is 2.23. The third kappa shape index (κ3) is 3.53. The molecule has 1 saturated heterocycles. The molecule has 94 valence electrons. The fourth-order valence-corrected chi connectivity index (χ4v) is 2.46. The lowest BCUT2D eigenvalue weighted by Crippen LogP contribution is -2.51. The van der Waals surface area contributed by atoms with Crippen LogP contribution in [0.15, 0.2) is 30.3 Å². The Morgan fingerprint density at radius 1 is 1.24 bits per heavy atom. The van der Waals surface area contributed by atoms with E-state index in [0.29, 0.717) is 6.04 Å². The first-order valence-electron chi connectivity index (χ1n) is 6.37. The third-order valence-corrected chi connectivity index (χ3v) is 3.57. The summed E-state index contributed by atoms with van der Waals surface area (Å²) in [6.45, 7) is 4.58. The van der Waals surface area contributed by atoms with Gasteiger partial charge in [-0.05, 0) is 19.0 Å². The summed E-state index contributed by atoms with van der Waals surface area (Å²) in [5.74, 6) is 0. The molecule has 1 aromatic carbocycles. The van der Waals surface area contributed by atoms with Crippen LogP contribution in [0.3, 0.4) is 0 Å². The van der Waals surface area contributed by atoms with Crippen LogP contribution in [0, 0.1) is 0 Å². The summed E-state index contributed by atoms with van der Waals surface area (Å²) in [7, 11) is 2.15. The van der Waals surface area contributed by atoms with E-state index in [1.165, 1.54) is 5.56 Å². The standard InChI is InChI=1S/C14H22N2O/c1-15-8-9-16(12-14(15)7-10-17)11-13-5-3-2-4-6-13/h2-6,14,17H,7-12H2,1H3/t14-/m0/s1. The molecule has 1 atom stereocenters. The predicted octanol–water partition coefficient (Wildman–Crippen LogP) is 1.18. The van der Waals surface area contributed by atoms with Gasteiger partial charge in [-0.1, -0.05) is 30.3 Å². The van der Waals surface area contributed by atoms with Crippen LogP contribution in [0.25, 0.3) is 0 Å². The highest BCUT2D eigenvalue weighted by atomic mass is 16.3. The maximum absolute atomic E-state index is 9.07. The van der Waals surface area contributed by atoms with Gasteiger partial charge in [0.05, 0.1) is 0 Å². The molecule has 0 aromatic heterocycles. The van der Waals surface area contributed by atoms with Crippen molar-refractivity contribution in [1.82, 2.24) is 9.80 Å². The van der Waals surface area contributed by atoms with Crippen LogP contribution < -0.4 is 0 Å². The summed E-state index contributed by atoms with van der Waals surface area (Å²) in [6, 6.07) is 11.1. The van der Waals surface area contributed by atoms with Gasteiger partial charge < -0.3 is 10.0 Å². The second-order valence-electron chi connectivity index (χ2n) is 4.87. The molecule has 1 N–H and O–H groups in total. The largest absolute Gasteiger partial charge is 0.396 e. The lowest BCUT2D eigenvalue weighted by molar-refractivity contribution is 0.0743. The zero-order chi connectivity index (χ0) is 12.1. The molecule has 17 heavy (non-hydrogen) atoms. The van der Waals surface area contributed by atoms with Crippen molar-refractivity contribution < 1.29 is 5.11 Å². The van der Waals surface area contributed by atoms with Crippen molar-refractivity contribution in [3.8, 4) is 0 Å². The highest BCUT2D eigenvalue weighted by molar-refractivity contribution is 5.14. The number of aliphatic hydroxyl groups excluding tert-OH is 1. The van der Waals surface area contributed by atoms with E-state index in [-0.39, 0.29) is 6.61 Å². The number of hydrogen-bond acceptors (Lipinski definition) is 3. The van der Waals surface area contributed by atoms with Crippen LogP contribution in [0.4, 0.5) is 0 Å². The van der Waals surface area contributed by atoms with Crippen LogP contribution in [-0.4, -0.2) is 54.2 Å². The van der Waals surface area contributed by atoms with Gasteiger partial charge in [0.1, 0.15) is 0 Å². The fourth-order valence-electron chi connectivity index (χ4n) is 2.46. The van der Waals surface area contributed by atoms with Gasteiger partial charge >= 0.3 is 0 Å². The fraction of sp³-hybridized carbons (Fsp3) is 0.571. The van der Waals surface area contributed by atoms with Crippen LogP contribution in [0.2, 0.25) is 0 Å². The summed E-state index contributed by atoms with van der Waals surface area (Å²) in [6.07, 6.45) is 0.877. The zero-order valence-corrected chi connectivity index (χ0v) is 10.5. The molecule has 0 aliphatic carbocycles. The van der Waals surface area contributed by atoms with E-state index in [9.17, 15) is 0 Å². The lowest BCUT2D eigenvalue weighted by Gasteiger charge is -2.39. The number of aliphatic hydroxyl groups is 1. The van der Waals surface area contributed by atoms with E-state index in [0.717, 1.165) is 32.6 Å². The van der Waals surface area contributed by atoms with Gasteiger partial charge in [-0.3, -0.25) is 4.90 Å². The Balaban J connectivity index is 1.90. The number of likely N-dealkylation sites (N-methyl/N-ethyl adjacent to an activating group) is 1. The van der Waals surface area contributed by atoms with E-state index in [4.69, 9.17) is 5.11 Å². The second-order valence-corrected chi connectivity index (χ2v) is 4.87. The molecule has 0 bridgehead atoms. The average Bonchev–Trinajstić information content (AvgIpc) is 2.35. The lowest BCUT2D eigenvalue weighted by atomic mass is 10.1. The number of piperazine rings is 1. The Morgan fingerprint density at radius 3 is 2.71 bits per heavy atom. The normalized spacial score (nSPS) is 22.8. The van der Waals surface area contributed by atoms with E-state index in [1.54, 1.807) is 0 Å². The van der Waals surface area contributed by atoms with E-state index < -0.39 is 0 Å².